The number of halogens is 2. The van der Waals surface area contributed by atoms with Gasteiger partial charge < -0.3 is 24.8 Å². The Kier molecular flexibility index (Phi) is 8.12. The van der Waals surface area contributed by atoms with Crippen LogP contribution < -0.4 is 24.8 Å². The van der Waals surface area contributed by atoms with E-state index in [0.717, 1.165) is 0 Å². The second kappa shape index (κ2) is 8.64. The van der Waals surface area contributed by atoms with Gasteiger partial charge in [-0.3, -0.25) is 0 Å². The van der Waals surface area contributed by atoms with Crippen molar-refractivity contribution >= 4 is 8.07 Å². The Hall–Kier alpha value is 0.627. The molecule has 0 spiro atoms. The summed E-state index contributed by atoms with van der Waals surface area (Å²) in [5.74, 6) is 0. The Morgan fingerprint density at radius 3 is 2.50 bits per heavy atom. The van der Waals surface area contributed by atoms with Gasteiger partial charge in [0.25, 0.3) is 0 Å². The fourth-order valence-corrected chi connectivity index (χ4v) is 22.5. The first-order valence-electron chi connectivity index (χ1n) is 8.22. The Morgan fingerprint density at radius 2 is 2.05 bits per heavy atom. The largest absolute Gasteiger partial charge is 1.00 e. The molecular weight excluding hydrogens is 494 g/mol. The van der Waals surface area contributed by atoms with Gasteiger partial charge in [0, 0.05) is 0 Å². The van der Waals surface area contributed by atoms with Crippen molar-refractivity contribution in [1.82, 2.24) is 0 Å². The minimum absolute atomic E-state index is 0. The van der Waals surface area contributed by atoms with Gasteiger partial charge in [-0.25, -0.2) is 0 Å². The van der Waals surface area contributed by atoms with E-state index in [2.05, 4.69) is 50.3 Å². The van der Waals surface area contributed by atoms with E-state index in [1.807, 2.05) is 3.33 Å². The van der Waals surface area contributed by atoms with Crippen LogP contribution in [0.4, 0.5) is 0 Å². The molecule has 0 nitrogen and oxygen atoms in total. The van der Waals surface area contributed by atoms with E-state index in [1.165, 1.54) is 25.7 Å². The van der Waals surface area contributed by atoms with Gasteiger partial charge in [-0.1, -0.05) is 0 Å². The van der Waals surface area contributed by atoms with E-state index >= 15 is 0 Å². The third kappa shape index (κ3) is 3.82. The van der Waals surface area contributed by atoms with E-state index in [-0.39, 0.29) is 24.8 Å². The van der Waals surface area contributed by atoms with E-state index in [0.29, 0.717) is 2.79 Å². The monoisotopic (exact) mass is 520 g/mol. The third-order valence-electron chi connectivity index (χ3n) is 5.40. The van der Waals surface area contributed by atoms with Crippen LogP contribution in [0.15, 0.2) is 45.4 Å². The molecule has 22 heavy (non-hydrogen) atoms. The fourth-order valence-electron chi connectivity index (χ4n) is 4.05. The summed E-state index contributed by atoms with van der Waals surface area (Å²) in [4.78, 5) is 0. The molecule has 0 radical (unpaired) electrons. The molecule has 120 valence electrons. The van der Waals surface area contributed by atoms with Crippen molar-refractivity contribution in [3.8, 4) is 0 Å². The van der Waals surface area contributed by atoms with Crippen molar-refractivity contribution in [3.63, 3.8) is 0 Å². The predicted octanol–water partition coefficient (Wildman–Crippen LogP) is -0.213. The maximum Gasteiger partial charge on any atom is -1.00 e. The molecule has 0 N–H and O–H groups in total. The second-order valence-corrected chi connectivity index (χ2v) is 19.6. The van der Waals surface area contributed by atoms with Crippen molar-refractivity contribution in [3.05, 3.63) is 45.4 Å². The number of rotatable bonds is 6. The fraction of sp³-hybridized carbons (Fsp3) is 0.556. The SMILES string of the molecule is CCCC[Si]1([C]2([Hf+2][C]3=CC=CC3)C=CC(C)=C2)CCC1.[Cl-].[Cl-]. The molecule has 0 aromatic rings. The Labute approximate surface area is 160 Å². The summed E-state index contributed by atoms with van der Waals surface area (Å²) >= 11 is -0.761. The molecule has 4 heteroatoms. The molecule has 1 heterocycles. The van der Waals surface area contributed by atoms with Crippen LogP contribution in [0.5, 0.6) is 0 Å². The third-order valence-corrected chi connectivity index (χ3v) is 23.2. The number of hydrogen-bond donors (Lipinski definition) is 0. The van der Waals surface area contributed by atoms with E-state index in [4.69, 9.17) is 0 Å². The van der Waals surface area contributed by atoms with E-state index in [9.17, 15) is 0 Å². The van der Waals surface area contributed by atoms with E-state index < -0.39 is 31.0 Å². The van der Waals surface area contributed by atoms with Crippen molar-refractivity contribution in [1.29, 1.82) is 0 Å². The zero-order chi connectivity index (χ0) is 14.1. The van der Waals surface area contributed by atoms with Crippen molar-refractivity contribution < 1.29 is 47.7 Å². The zero-order valence-electron chi connectivity index (χ0n) is 13.7. The molecule has 2 aliphatic carbocycles. The summed E-state index contributed by atoms with van der Waals surface area (Å²) in [6, 6.07) is 4.84. The summed E-state index contributed by atoms with van der Waals surface area (Å²) in [5, 5.41) is 0. The minimum atomic E-state index is -1.04. The first kappa shape index (κ1) is 20.7. The summed E-state index contributed by atoms with van der Waals surface area (Å²) in [7, 11) is -1.04. The maximum atomic E-state index is 2.75. The van der Waals surface area contributed by atoms with Crippen molar-refractivity contribution in [2.24, 2.45) is 0 Å². The second-order valence-electron chi connectivity index (χ2n) is 6.78. The van der Waals surface area contributed by atoms with Crippen LogP contribution in [0.2, 0.25) is 20.9 Å². The van der Waals surface area contributed by atoms with Gasteiger partial charge in [0.05, 0.1) is 0 Å². The van der Waals surface area contributed by atoms with Gasteiger partial charge in [0.2, 0.25) is 0 Å². The number of hydrogen-bond acceptors (Lipinski definition) is 0. The molecule has 0 aromatic carbocycles. The van der Waals surface area contributed by atoms with Crippen LogP contribution in [-0.4, -0.2) is 8.07 Å². The summed E-state index contributed by atoms with van der Waals surface area (Å²) < 4.78 is 2.51. The van der Waals surface area contributed by atoms with Crippen LogP contribution in [0.1, 0.15) is 39.5 Å². The van der Waals surface area contributed by atoms with Crippen molar-refractivity contribution in [2.45, 2.75) is 60.5 Å². The number of allylic oxidation sites excluding steroid dienone is 8. The molecule has 1 saturated heterocycles. The average molecular weight is 520 g/mol. The first-order valence-corrected chi connectivity index (χ1v) is 14.4. The van der Waals surface area contributed by atoms with Gasteiger partial charge >= 0.3 is 137 Å². The van der Waals surface area contributed by atoms with Crippen LogP contribution in [-0.2, 0) is 22.9 Å². The Balaban J connectivity index is 0.00000121. The first-order chi connectivity index (χ1) is 9.70. The summed E-state index contributed by atoms with van der Waals surface area (Å²) in [6.07, 6.45) is 20.7. The smallest absolute Gasteiger partial charge is 1.00 e. The maximum absolute atomic E-state index is 2.75. The quantitative estimate of drug-likeness (QED) is 0.426. The Bertz CT molecular complexity index is 503. The van der Waals surface area contributed by atoms with E-state index in [1.54, 1.807) is 23.7 Å². The zero-order valence-corrected chi connectivity index (χ0v) is 19.8. The molecule has 0 saturated carbocycles. The van der Waals surface area contributed by atoms with Gasteiger partial charge in [-0.2, -0.15) is 0 Å². The molecular formula is C18H26Cl2HfSi. The predicted molar refractivity (Wildman–Crippen MR) is 87.1 cm³/mol. The minimum Gasteiger partial charge on any atom is -1.00 e. The van der Waals surface area contributed by atoms with Crippen molar-refractivity contribution in [2.75, 3.05) is 0 Å². The van der Waals surface area contributed by atoms with Gasteiger partial charge in [0.15, 0.2) is 0 Å². The molecule has 1 atom stereocenters. The number of unbranched alkanes of at least 4 members (excludes halogenated alkanes) is 1. The van der Waals surface area contributed by atoms with Crippen LogP contribution in [0.25, 0.3) is 0 Å². The average Bonchev–Trinajstić information content (AvgIpc) is 3.00. The molecule has 0 amide bonds. The van der Waals surface area contributed by atoms with Crippen LogP contribution in [0, 0.1) is 0 Å². The summed E-state index contributed by atoms with van der Waals surface area (Å²) in [6.45, 7) is 4.69. The van der Waals surface area contributed by atoms with Gasteiger partial charge in [0.1, 0.15) is 0 Å². The van der Waals surface area contributed by atoms with Gasteiger partial charge in [-0.05, 0) is 0 Å². The van der Waals surface area contributed by atoms with Gasteiger partial charge in [-0.15, -0.1) is 0 Å². The molecule has 3 rings (SSSR count). The molecule has 0 aromatic heterocycles. The molecule has 3 aliphatic rings. The molecule has 1 aliphatic heterocycles. The molecule has 0 bridgehead atoms. The van der Waals surface area contributed by atoms with Crippen LogP contribution >= 0.6 is 0 Å². The normalized spacial score (nSPS) is 27.2. The Morgan fingerprint density at radius 1 is 1.27 bits per heavy atom. The topological polar surface area (TPSA) is 0 Å². The standard InChI is InChI=1S/C13H21Si.C5H5.2ClH.Hf/c1-3-4-8-14(9-5-10-14)13-7-6-12(2)11-13;1-2-4-5-3-1;;;/h6-7,11H,3-5,8-10H2,1-2H3;1-3H,4H2;2*1H;/q;;;;+2/p-2. The summed E-state index contributed by atoms with van der Waals surface area (Å²) in [5.41, 5.74) is 1.55. The van der Waals surface area contributed by atoms with Crippen LogP contribution in [0.3, 0.4) is 0 Å². The molecule has 1 fully saturated rings. The molecule has 1 unspecified atom stereocenters.